The van der Waals surface area contributed by atoms with Gasteiger partial charge in [0.05, 0.1) is 22.4 Å². The molecule has 2 heterocycles. The summed E-state index contributed by atoms with van der Waals surface area (Å²) in [7, 11) is 0. The fraction of sp³-hybridized carbons (Fsp3) is 0.0909. The van der Waals surface area contributed by atoms with Gasteiger partial charge in [0, 0.05) is 33.0 Å². The lowest BCUT2D eigenvalue weighted by Crippen LogP contribution is -2.14. The highest BCUT2D eigenvalue weighted by Gasteiger charge is 2.36. The van der Waals surface area contributed by atoms with Gasteiger partial charge in [-0.2, -0.15) is 0 Å². The molecule has 0 saturated carbocycles. The summed E-state index contributed by atoms with van der Waals surface area (Å²) in [4.78, 5) is 10.1. The van der Waals surface area contributed by atoms with E-state index in [1.54, 1.807) is 0 Å². The smallest absolute Gasteiger partial charge is 0.160 e. The molecule has 47 heavy (non-hydrogen) atoms. The Morgan fingerprint density at radius 2 is 1.34 bits per heavy atom. The Labute approximate surface area is 274 Å². The molecule has 2 aliphatic carbocycles. The van der Waals surface area contributed by atoms with Crippen LogP contribution in [-0.2, 0) is 5.41 Å². The number of hydrogen-bond donors (Lipinski definition) is 0. The highest BCUT2D eigenvalue weighted by molar-refractivity contribution is 6.11. The van der Waals surface area contributed by atoms with Gasteiger partial charge in [-0.3, -0.25) is 0 Å². The predicted molar refractivity (Wildman–Crippen MR) is 196 cm³/mol. The molecule has 0 radical (unpaired) electrons. The molecule has 7 aromatic rings. The van der Waals surface area contributed by atoms with Gasteiger partial charge >= 0.3 is 0 Å². The van der Waals surface area contributed by atoms with E-state index in [2.05, 4.69) is 152 Å². The molecular formula is C44H33N3. The van der Waals surface area contributed by atoms with Crippen molar-refractivity contribution in [1.82, 2.24) is 14.5 Å². The Morgan fingerprint density at radius 1 is 0.574 bits per heavy atom. The van der Waals surface area contributed by atoms with Crippen LogP contribution in [0, 0.1) is 0 Å². The third-order valence-corrected chi connectivity index (χ3v) is 9.88. The first kappa shape index (κ1) is 27.5. The van der Waals surface area contributed by atoms with Crippen molar-refractivity contribution in [3.8, 4) is 39.5 Å². The van der Waals surface area contributed by atoms with Crippen LogP contribution in [0.4, 0.5) is 0 Å². The molecule has 0 aliphatic heterocycles. The molecule has 0 bridgehead atoms. The zero-order valence-corrected chi connectivity index (χ0v) is 26.5. The van der Waals surface area contributed by atoms with Gasteiger partial charge in [0.1, 0.15) is 0 Å². The second-order valence-corrected chi connectivity index (χ2v) is 13.0. The Hall–Kier alpha value is -5.80. The van der Waals surface area contributed by atoms with E-state index in [1.165, 1.54) is 49.6 Å². The van der Waals surface area contributed by atoms with E-state index in [0.717, 1.165) is 40.4 Å². The average molecular weight is 604 g/mol. The quantitative estimate of drug-likeness (QED) is 0.200. The van der Waals surface area contributed by atoms with Gasteiger partial charge in [-0.05, 0) is 70.6 Å². The topological polar surface area (TPSA) is 30.7 Å². The Bertz CT molecular complexity index is 2440. The van der Waals surface area contributed by atoms with Crippen LogP contribution < -0.4 is 0 Å². The maximum absolute atomic E-state index is 5.08. The predicted octanol–water partition coefficient (Wildman–Crippen LogP) is 11.1. The van der Waals surface area contributed by atoms with Gasteiger partial charge in [0.25, 0.3) is 0 Å². The molecule has 0 fully saturated rings. The number of para-hydroxylation sites is 1. The number of rotatable bonds is 4. The molecule has 5 aromatic carbocycles. The van der Waals surface area contributed by atoms with Crippen molar-refractivity contribution in [2.75, 3.05) is 0 Å². The molecule has 2 aliphatic rings. The Kier molecular flexibility index (Phi) is 6.23. The van der Waals surface area contributed by atoms with Crippen molar-refractivity contribution < 1.29 is 0 Å². The zero-order valence-electron chi connectivity index (χ0n) is 26.5. The third-order valence-electron chi connectivity index (χ3n) is 9.88. The van der Waals surface area contributed by atoms with Crippen molar-refractivity contribution in [2.45, 2.75) is 25.7 Å². The van der Waals surface area contributed by atoms with Crippen molar-refractivity contribution in [1.29, 1.82) is 0 Å². The molecule has 2 aromatic heterocycles. The van der Waals surface area contributed by atoms with E-state index < -0.39 is 0 Å². The van der Waals surface area contributed by atoms with Crippen LogP contribution in [0.3, 0.4) is 0 Å². The first-order valence-corrected chi connectivity index (χ1v) is 16.3. The van der Waals surface area contributed by atoms with Crippen molar-refractivity contribution >= 4 is 27.4 Å². The number of benzene rings is 5. The summed E-state index contributed by atoms with van der Waals surface area (Å²) in [6, 6.07) is 43.7. The van der Waals surface area contributed by atoms with Crippen LogP contribution in [0.5, 0.6) is 0 Å². The minimum Gasteiger partial charge on any atom is -0.309 e. The molecular weight excluding hydrogens is 571 g/mol. The number of aromatic nitrogens is 3. The fourth-order valence-corrected chi connectivity index (χ4v) is 7.47. The molecule has 9 rings (SSSR count). The van der Waals surface area contributed by atoms with Crippen molar-refractivity contribution in [3.05, 3.63) is 169 Å². The van der Waals surface area contributed by atoms with E-state index in [-0.39, 0.29) is 5.41 Å². The van der Waals surface area contributed by atoms with E-state index in [0.29, 0.717) is 0 Å². The summed E-state index contributed by atoms with van der Waals surface area (Å²) in [5, 5.41) is 2.56. The summed E-state index contributed by atoms with van der Waals surface area (Å²) in [6.07, 6.45) is 11.4. The lowest BCUT2D eigenvalue weighted by atomic mass is 9.82. The highest BCUT2D eigenvalue weighted by Crippen LogP contribution is 2.51. The standard InChI is InChI=1S/C44H33N3/c1-44(2)37-20-12-10-18-33(37)35-27-42-36(26-38(35)44)34-19-11-13-21-41(34)47(42)32-24-22-30(23-25-32)40-28-39(29-14-6-3-4-7-15-29)45-43(46-40)31-16-8-5-9-17-31/h3-14,16-28H,15H2,1-2H3. The summed E-state index contributed by atoms with van der Waals surface area (Å²) < 4.78 is 2.42. The Morgan fingerprint density at radius 3 is 2.21 bits per heavy atom. The van der Waals surface area contributed by atoms with Gasteiger partial charge in [0.15, 0.2) is 5.82 Å². The van der Waals surface area contributed by atoms with Crippen LogP contribution >= 0.6 is 0 Å². The van der Waals surface area contributed by atoms with Crippen LogP contribution in [0.1, 0.15) is 37.1 Å². The van der Waals surface area contributed by atoms with Gasteiger partial charge in [-0.25, -0.2) is 9.97 Å². The highest BCUT2D eigenvalue weighted by atomic mass is 15.0. The number of allylic oxidation sites excluding steroid dienone is 6. The molecule has 0 saturated heterocycles. The second kappa shape index (κ2) is 10.6. The minimum absolute atomic E-state index is 0.0423. The van der Waals surface area contributed by atoms with Gasteiger partial charge < -0.3 is 4.57 Å². The number of nitrogens with zero attached hydrogens (tertiary/aromatic N) is 3. The summed E-state index contributed by atoms with van der Waals surface area (Å²) in [5.74, 6) is 0.736. The zero-order chi connectivity index (χ0) is 31.5. The number of hydrogen-bond acceptors (Lipinski definition) is 2. The minimum atomic E-state index is -0.0423. The van der Waals surface area contributed by atoms with Crippen LogP contribution in [0.2, 0.25) is 0 Å². The fourth-order valence-electron chi connectivity index (χ4n) is 7.47. The lowest BCUT2D eigenvalue weighted by molar-refractivity contribution is 0.661. The molecule has 0 spiro atoms. The summed E-state index contributed by atoms with van der Waals surface area (Å²) in [5.41, 5.74) is 14.1. The molecule has 0 amide bonds. The van der Waals surface area contributed by atoms with E-state index >= 15 is 0 Å². The normalized spacial score (nSPS) is 14.6. The molecule has 0 atom stereocenters. The first-order chi connectivity index (χ1) is 23.1. The second-order valence-electron chi connectivity index (χ2n) is 13.0. The maximum Gasteiger partial charge on any atom is 0.160 e. The first-order valence-electron chi connectivity index (χ1n) is 16.3. The maximum atomic E-state index is 5.08. The molecule has 3 heteroatoms. The van der Waals surface area contributed by atoms with Gasteiger partial charge in [-0.15, -0.1) is 0 Å². The SMILES string of the molecule is CC1(C)c2ccccc2-c2cc3c(cc21)c1ccccc1n3-c1ccc(-c2cc(C3=CC=CC=CC3)nc(-c3ccccc3)n2)cc1. The monoisotopic (exact) mass is 603 g/mol. The van der Waals surface area contributed by atoms with E-state index in [4.69, 9.17) is 9.97 Å². The lowest BCUT2D eigenvalue weighted by Gasteiger charge is -2.21. The van der Waals surface area contributed by atoms with Crippen molar-refractivity contribution in [3.63, 3.8) is 0 Å². The molecule has 224 valence electrons. The summed E-state index contributed by atoms with van der Waals surface area (Å²) in [6.45, 7) is 4.70. The van der Waals surface area contributed by atoms with Crippen LogP contribution in [0.25, 0.3) is 66.8 Å². The third kappa shape index (κ3) is 4.42. The van der Waals surface area contributed by atoms with E-state index in [9.17, 15) is 0 Å². The Balaban J connectivity index is 1.20. The molecule has 3 nitrogen and oxygen atoms in total. The average Bonchev–Trinajstić information content (AvgIpc) is 3.36. The van der Waals surface area contributed by atoms with Gasteiger partial charge in [0.2, 0.25) is 0 Å². The number of fused-ring (bicyclic) bond motifs is 6. The summed E-state index contributed by atoms with van der Waals surface area (Å²) >= 11 is 0. The molecule has 0 N–H and O–H groups in total. The van der Waals surface area contributed by atoms with Crippen LogP contribution in [0.15, 0.2) is 152 Å². The molecule has 0 unspecified atom stereocenters. The van der Waals surface area contributed by atoms with Crippen LogP contribution in [-0.4, -0.2) is 14.5 Å². The largest absolute Gasteiger partial charge is 0.309 e. The van der Waals surface area contributed by atoms with Crippen molar-refractivity contribution in [2.24, 2.45) is 0 Å². The van der Waals surface area contributed by atoms with Gasteiger partial charge in [-0.1, -0.05) is 129 Å². The van der Waals surface area contributed by atoms with E-state index in [1.807, 2.05) is 18.2 Å².